The van der Waals surface area contributed by atoms with Crippen LogP contribution in [0.2, 0.25) is 0 Å². The molecule has 0 saturated carbocycles. The minimum absolute atomic E-state index is 0.00196. The molecule has 18 heavy (non-hydrogen) atoms. The first kappa shape index (κ1) is 12.2. The van der Waals surface area contributed by atoms with Gasteiger partial charge in [-0.3, -0.25) is 4.79 Å². The molecule has 2 aromatic rings. The first-order valence-corrected chi connectivity index (χ1v) is 5.46. The second-order valence-corrected chi connectivity index (χ2v) is 3.95. The van der Waals surface area contributed by atoms with Crippen LogP contribution in [0.4, 0.5) is 0 Å². The monoisotopic (exact) mass is 251 g/mol. The van der Waals surface area contributed by atoms with E-state index >= 15 is 0 Å². The molecule has 0 atom stereocenters. The number of carboxylic acid groups (broad SMARTS) is 1. The van der Waals surface area contributed by atoms with Gasteiger partial charge in [-0.05, 0) is 24.3 Å². The molecule has 2 heterocycles. The van der Waals surface area contributed by atoms with Crippen molar-refractivity contribution >= 4 is 5.97 Å². The Labute approximate surface area is 103 Å². The molecule has 0 aromatic carbocycles. The number of aliphatic carboxylic acids is 1. The van der Waals surface area contributed by atoms with Gasteiger partial charge in [0.1, 0.15) is 5.76 Å². The van der Waals surface area contributed by atoms with Crippen molar-refractivity contribution in [3.8, 4) is 0 Å². The standard InChI is InChI=1S/C10H13N5O3/c1-6-8(7(2)18-12-6)5-15-9(11-13-14-15)3-4-10(16)17/h3-5H2,1-2H3,(H,16,17). The number of carboxylic acids is 1. The molecule has 8 heteroatoms. The van der Waals surface area contributed by atoms with Crippen molar-refractivity contribution in [2.75, 3.05) is 0 Å². The second-order valence-electron chi connectivity index (χ2n) is 3.95. The Kier molecular flexibility index (Phi) is 3.35. The summed E-state index contributed by atoms with van der Waals surface area (Å²) in [5.41, 5.74) is 1.70. The van der Waals surface area contributed by atoms with Crippen molar-refractivity contribution in [3.05, 3.63) is 22.8 Å². The van der Waals surface area contributed by atoms with Crippen LogP contribution in [0.3, 0.4) is 0 Å². The van der Waals surface area contributed by atoms with Gasteiger partial charge in [-0.1, -0.05) is 5.16 Å². The maximum atomic E-state index is 10.5. The lowest BCUT2D eigenvalue weighted by Gasteiger charge is -2.03. The van der Waals surface area contributed by atoms with E-state index in [-0.39, 0.29) is 6.42 Å². The zero-order chi connectivity index (χ0) is 13.1. The molecular weight excluding hydrogens is 238 g/mol. The fraction of sp³-hybridized carbons (Fsp3) is 0.500. The Bertz CT molecular complexity index is 540. The van der Waals surface area contributed by atoms with E-state index in [1.807, 2.05) is 13.8 Å². The minimum atomic E-state index is -0.873. The number of nitrogens with zero attached hydrogens (tertiary/aromatic N) is 5. The van der Waals surface area contributed by atoms with Gasteiger partial charge in [0.15, 0.2) is 5.82 Å². The van der Waals surface area contributed by atoms with E-state index in [1.165, 1.54) is 0 Å². The third kappa shape index (κ3) is 2.53. The molecule has 0 aliphatic carbocycles. The predicted octanol–water partition coefficient (Wildman–Crippen LogP) is 0.343. The van der Waals surface area contributed by atoms with Crippen LogP contribution < -0.4 is 0 Å². The van der Waals surface area contributed by atoms with Crippen molar-refractivity contribution in [3.63, 3.8) is 0 Å². The third-order valence-corrected chi connectivity index (χ3v) is 2.66. The lowest BCUT2D eigenvalue weighted by molar-refractivity contribution is -0.137. The Morgan fingerprint density at radius 1 is 1.44 bits per heavy atom. The molecule has 2 rings (SSSR count). The number of aromatic nitrogens is 5. The van der Waals surface area contributed by atoms with Crippen LogP contribution >= 0.6 is 0 Å². The van der Waals surface area contributed by atoms with E-state index in [1.54, 1.807) is 4.68 Å². The topological polar surface area (TPSA) is 107 Å². The maximum Gasteiger partial charge on any atom is 0.303 e. The molecule has 96 valence electrons. The van der Waals surface area contributed by atoms with Gasteiger partial charge < -0.3 is 9.63 Å². The number of hydrogen-bond donors (Lipinski definition) is 1. The van der Waals surface area contributed by atoms with Gasteiger partial charge in [0, 0.05) is 12.0 Å². The van der Waals surface area contributed by atoms with Crippen LogP contribution in [0, 0.1) is 13.8 Å². The van der Waals surface area contributed by atoms with E-state index < -0.39 is 5.97 Å². The second kappa shape index (κ2) is 4.94. The van der Waals surface area contributed by atoms with Gasteiger partial charge in [-0.25, -0.2) is 4.68 Å². The molecule has 0 saturated heterocycles. The molecule has 2 aromatic heterocycles. The Morgan fingerprint density at radius 3 is 2.83 bits per heavy atom. The summed E-state index contributed by atoms with van der Waals surface area (Å²) in [6.45, 7) is 4.09. The average Bonchev–Trinajstić information content (AvgIpc) is 2.88. The Morgan fingerprint density at radius 2 is 2.22 bits per heavy atom. The average molecular weight is 251 g/mol. The molecular formula is C10H13N5O3. The van der Waals surface area contributed by atoms with Crippen molar-refractivity contribution < 1.29 is 14.4 Å². The highest BCUT2D eigenvalue weighted by Gasteiger charge is 2.14. The van der Waals surface area contributed by atoms with Crippen molar-refractivity contribution in [1.82, 2.24) is 25.4 Å². The Balaban J connectivity index is 2.15. The van der Waals surface area contributed by atoms with Gasteiger partial charge in [0.05, 0.1) is 18.7 Å². The molecule has 0 unspecified atom stereocenters. The van der Waals surface area contributed by atoms with E-state index in [2.05, 4.69) is 20.7 Å². The highest BCUT2D eigenvalue weighted by molar-refractivity contribution is 5.66. The highest BCUT2D eigenvalue weighted by Crippen LogP contribution is 2.14. The quantitative estimate of drug-likeness (QED) is 0.816. The zero-order valence-electron chi connectivity index (χ0n) is 10.1. The van der Waals surface area contributed by atoms with Crippen LogP contribution in [0.5, 0.6) is 0 Å². The summed E-state index contributed by atoms with van der Waals surface area (Å²) in [4.78, 5) is 10.5. The smallest absolute Gasteiger partial charge is 0.303 e. The summed E-state index contributed by atoms with van der Waals surface area (Å²) in [6.07, 6.45) is 0.299. The molecule has 8 nitrogen and oxygen atoms in total. The first-order chi connectivity index (χ1) is 8.58. The lowest BCUT2D eigenvalue weighted by Crippen LogP contribution is -2.10. The van der Waals surface area contributed by atoms with Crippen LogP contribution in [0.15, 0.2) is 4.52 Å². The van der Waals surface area contributed by atoms with Gasteiger partial charge in [0.25, 0.3) is 0 Å². The third-order valence-electron chi connectivity index (χ3n) is 2.66. The lowest BCUT2D eigenvalue weighted by atomic mass is 10.2. The summed E-state index contributed by atoms with van der Waals surface area (Å²) in [7, 11) is 0. The van der Waals surface area contributed by atoms with E-state index in [9.17, 15) is 4.79 Å². The van der Waals surface area contributed by atoms with Gasteiger partial charge in [-0.2, -0.15) is 0 Å². The SMILES string of the molecule is Cc1noc(C)c1Cn1nnnc1CCC(=O)O. The van der Waals surface area contributed by atoms with E-state index in [4.69, 9.17) is 9.63 Å². The zero-order valence-corrected chi connectivity index (χ0v) is 10.1. The van der Waals surface area contributed by atoms with Crippen molar-refractivity contribution in [2.24, 2.45) is 0 Å². The molecule has 0 fully saturated rings. The molecule has 0 aliphatic heterocycles. The number of hydrogen-bond acceptors (Lipinski definition) is 6. The predicted molar refractivity (Wildman–Crippen MR) is 58.9 cm³/mol. The highest BCUT2D eigenvalue weighted by atomic mass is 16.5. The molecule has 0 amide bonds. The summed E-state index contributed by atoms with van der Waals surface area (Å²) >= 11 is 0. The molecule has 0 bridgehead atoms. The Hall–Kier alpha value is -2.25. The summed E-state index contributed by atoms with van der Waals surface area (Å²) in [5, 5.41) is 23.7. The van der Waals surface area contributed by atoms with Crippen LogP contribution in [0.1, 0.15) is 29.3 Å². The fourth-order valence-electron chi connectivity index (χ4n) is 1.62. The first-order valence-electron chi connectivity index (χ1n) is 5.46. The number of tetrazole rings is 1. The number of aryl methyl sites for hydroxylation is 3. The molecule has 1 N–H and O–H groups in total. The van der Waals surface area contributed by atoms with Crippen molar-refractivity contribution in [1.29, 1.82) is 0 Å². The van der Waals surface area contributed by atoms with E-state index in [0.717, 1.165) is 11.3 Å². The molecule has 0 radical (unpaired) electrons. The summed E-state index contributed by atoms with van der Waals surface area (Å²) in [6, 6.07) is 0. The summed E-state index contributed by atoms with van der Waals surface area (Å²) < 4.78 is 6.62. The van der Waals surface area contributed by atoms with Crippen LogP contribution in [-0.4, -0.2) is 36.4 Å². The molecule has 0 spiro atoms. The van der Waals surface area contributed by atoms with Gasteiger partial charge >= 0.3 is 5.97 Å². The summed E-state index contributed by atoms with van der Waals surface area (Å²) in [5.74, 6) is 0.381. The van der Waals surface area contributed by atoms with E-state index in [0.29, 0.717) is 24.6 Å². The number of rotatable bonds is 5. The fourth-order valence-corrected chi connectivity index (χ4v) is 1.62. The number of carbonyl (C=O) groups is 1. The normalized spacial score (nSPS) is 10.8. The van der Waals surface area contributed by atoms with Crippen LogP contribution in [-0.2, 0) is 17.8 Å². The molecule has 0 aliphatic rings. The van der Waals surface area contributed by atoms with Crippen LogP contribution in [0.25, 0.3) is 0 Å². The van der Waals surface area contributed by atoms with Gasteiger partial charge in [0.2, 0.25) is 0 Å². The van der Waals surface area contributed by atoms with Crippen molar-refractivity contribution in [2.45, 2.75) is 33.2 Å². The maximum absolute atomic E-state index is 10.5. The van der Waals surface area contributed by atoms with Gasteiger partial charge in [-0.15, -0.1) is 5.10 Å². The largest absolute Gasteiger partial charge is 0.481 e. The minimum Gasteiger partial charge on any atom is -0.481 e.